The quantitative estimate of drug-likeness (QED) is 0.883. The van der Waals surface area contributed by atoms with Gasteiger partial charge in [0.2, 0.25) is 5.91 Å². The number of hydrogen-bond donors (Lipinski definition) is 1. The lowest BCUT2D eigenvalue weighted by Crippen LogP contribution is -2.48. The average Bonchev–Trinajstić information content (AvgIpc) is 2.97. The van der Waals surface area contributed by atoms with Gasteiger partial charge in [-0.25, -0.2) is 4.98 Å². The van der Waals surface area contributed by atoms with Gasteiger partial charge in [-0.3, -0.25) is 14.6 Å². The predicted octanol–water partition coefficient (Wildman–Crippen LogP) is 3.35. The number of aryl methyl sites for hydroxylation is 1. The van der Waals surface area contributed by atoms with Crippen molar-refractivity contribution in [2.45, 2.75) is 33.4 Å². The zero-order valence-corrected chi connectivity index (χ0v) is 16.5. The fourth-order valence-corrected chi connectivity index (χ4v) is 3.86. The van der Waals surface area contributed by atoms with Crippen LogP contribution < -0.4 is 10.2 Å². The molecule has 1 atom stereocenters. The standard InChI is InChI=1S/C18H24N4OS.ClH/c1-13-4-6-17(7-5-13)22(15(3)23)18-20-16(12-24-18)11-21-9-8-19-14(2)10-21;/h4-7,12,14,19H,8-11H2,1-3H3;1H/t14-;/m1./s1. The van der Waals surface area contributed by atoms with E-state index in [1.165, 1.54) is 16.9 Å². The van der Waals surface area contributed by atoms with Crippen molar-refractivity contribution >= 4 is 40.5 Å². The molecule has 1 aromatic carbocycles. The minimum atomic E-state index is -0.0180. The van der Waals surface area contributed by atoms with Crippen LogP contribution in [0, 0.1) is 6.92 Å². The Morgan fingerprint density at radius 1 is 1.40 bits per heavy atom. The zero-order chi connectivity index (χ0) is 17.1. The number of benzene rings is 1. The van der Waals surface area contributed by atoms with Crippen molar-refractivity contribution in [3.63, 3.8) is 0 Å². The minimum Gasteiger partial charge on any atom is -0.312 e. The number of amides is 1. The van der Waals surface area contributed by atoms with Crippen molar-refractivity contribution in [3.05, 3.63) is 40.9 Å². The number of piperazine rings is 1. The van der Waals surface area contributed by atoms with Gasteiger partial charge in [0.25, 0.3) is 0 Å². The molecule has 136 valence electrons. The molecule has 1 N–H and O–H groups in total. The number of hydrogen-bond acceptors (Lipinski definition) is 5. The second-order valence-corrected chi connectivity index (χ2v) is 7.24. The number of nitrogens with zero attached hydrogens (tertiary/aromatic N) is 3. The number of nitrogens with one attached hydrogen (secondary N) is 1. The van der Waals surface area contributed by atoms with E-state index >= 15 is 0 Å². The van der Waals surface area contributed by atoms with E-state index in [-0.39, 0.29) is 18.3 Å². The molecule has 1 fully saturated rings. The van der Waals surface area contributed by atoms with E-state index in [1.54, 1.807) is 11.8 Å². The number of aromatic nitrogens is 1. The summed E-state index contributed by atoms with van der Waals surface area (Å²) in [5.74, 6) is -0.0180. The third-order valence-electron chi connectivity index (χ3n) is 4.18. The van der Waals surface area contributed by atoms with E-state index in [4.69, 9.17) is 4.98 Å². The monoisotopic (exact) mass is 380 g/mol. The van der Waals surface area contributed by atoms with E-state index in [0.717, 1.165) is 42.7 Å². The number of rotatable bonds is 4. The summed E-state index contributed by atoms with van der Waals surface area (Å²) in [6.45, 7) is 9.74. The van der Waals surface area contributed by atoms with Crippen LogP contribution in [-0.2, 0) is 11.3 Å². The number of thiazole rings is 1. The molecule has 0 radical (unpaired) electrons. The fourth-order valence-electron chi connectivity index (χ4n) is 2.98. The summed E-state index contributed by atoms with van der Waals surface area (Å²) in [6, 6.07) is 8.48. The van der Waals surface area contributed by atoms with Gasteiger partial charge in [-0.1, -0.05) is 17.7 Å². The highest BCUT2D eigenvalue weighted by Gasteiger charge is 2.20. The molecule has 0 bridgehead atoms. The molecule has 0 unspecified atom stereocenters. The zero-order valence-electron chi connectivity index (χ0n) is 14.9. The van der Waals surface area contributed by atoms with E-state index in [0.29, 0.717) is 6.04 Å². The van der Waals surface area contributed by atoms with Crippen LogP contribution in [0.1, 0.15) is 25.1 Å². The van der Waals surface area contributed by atoms with Gasteiger partial charge in [0.15, 0.2) is 5.13 Å². The second kappa shape index (κ2) is 8.76. The van der Waals surface area contributed by atoms with Crippen molar-refractivity contribution in [1.29, 1.82) is 0 Å². The maximum atomic E-state index is 12.1. The molecule has 0 saturated carbocycles. The summed E-state index contributed by atoms with van der Waals surface area (Å²) in [5, 5.41) is 6.25. The summed E-state index contributed by atoms with van der Waals surface area (Å²) >= 11 is 1.53. The van der Waals surface area contributed by atoms with Crippen molar-refractivity contribution in [3.8, 4) is 0 Å². The van der Waals surface area contributed by atoms with Gasteiger partial charge in [-0.05, 0) is 26.0 Å². The van der Waals surface area contributed by atoms with Crippen LogP contribution >= 0.6 is 23.7 Å². The molecule has 1 aliphatic heterocycles. The second-order valence-electron chi connectivity index (χ2n) is 6.40. The molecule has 2 aromatic rings. The summed E-state index contributed by atoms with van der Waals surface area (Å²) in [6.07, 6.45) is 0. The maximum absolute atomic E-state index is 12.1. The van der Waals surface area contributed by atoms with Crippen molar-refractivity contribution in [2.75, 3.05) is 24.5 Å². The van der Waals surface area contributed by atoms with Crippen LogP contribution in [0.3, 0.4) is 0 Å². The summed E-state index contributed by atoms with van der Waals surface area (Å²) in [7, 11) is 0. The Kier molecular flexibility index (Phi) is 6.95. The highest BCUT2D eigenvalue weighted by molar-refractivity contribution is 7.14. The van der Waals surface area contributed by atoms with Crippen molar-refractivity contribution in [1.82, 2.24) is 15.2 Å². The maximum Gasteiger partial charge on any atom is 0.230 e. The van der Waals surface area contributed by atoms with Gasteiger partial charge in [-0.2, -0.15) is 0 Å². The molecular formula is C18H25ClN4OS. The topological polar surface area (TPSA) is 48.5 Å². The van der Waals surface area contributed by atoms with E-state index < -0.39 is 0 Å². The minimum absolute atomic E-state index is 0. The Morgan fingerprint density at radius 2 is 2.12 bits per heavy atom. The van der Waals surface area contributed by atoms with Crippen molar-refractivity contribution < 1.29 is 4.79 Å². The van der Waals surface area contributed by atoms with Gasteiger partial charge in [0.05, 0.1) is 11.4 Å². The summed E-state index contributed by atoms with van der Waals surface area (Å²) in [5.41, 5.74) is 3.07. The third kappa shape index (κ3) is 5.01. The average molecular weight is 381 g/mol. The lowest BCUT2D eigenvalue weighted by molar-refractivity contribution is -0.115. The Labute approximate surface area is 159 Å². The molecule has 1 amide bonds. The van der Waals surface area contributed by atoms with Gasteiger partial charge >= 0.3 is 0 Å². The molecule has 0 spiro atoms. The molecule has 1 aromatic heterocycles. The molecule has 7 heteroatoms. The molecule has 2 heterocycles. The fraction of sp³-hybridized carbons (Fsp3) is 0.444. The SMILES string of the molecule is CC(=O)N(c1ccc(C)cc1)c1nc(CN2CCN[C@H](C)C2)cs1.Cl. The van der Waals surface area contributed by atoms with Crippen LogP contribution in [0.2, 0.25) is 0 Å². The number of carbonyl (C=O) groups is 1. The van der Waals surface area contributed by atoms with Gasteiger partial charge in [-0.15, -0.1) is 23.7 Å². The first kappa shape index (κ1) is 19.8. The first-order valence-electron chi connectivity index (χ1n) is 8.30. The molecule has 0 aliphatic carbocycles. The predicted molar refractivity (Wildman–Crippen MR) is 106 cm³/mol. The van der Waals surface area contributed by atoms with E-state index in [9.17, 15) is 4.79 Å². The number of carbonyl (C=O) groups excluding carboxylic acids is 1. The summed E-state index contributed by atoms with van der Waals surface area (Å²) in [4.78, 5) is 21.0. The normalized spacial score (nSPS) is 17.8. The third-order valence-corrected chi connectivity index (χ3v) is 5.05. The molecule has 25 heavy (non-hydrogen) atoms. The van der Waals surface area contributed by atoms with Gasteiger partial charge in [0.1, 0.15) is 0 Å². The largest absolute Gasteiger partial charge is 0.312 e. The van der Waals surface area contributed by atoms with Gasteiger partial charge < -0.3 is 5.32 Å². The lowest BCUT2D eigenvalue weighted by Gasteiger charge is -2.31. The van der Waals surface area contributed by atoms with Crippen LogP contribution in [0.15, 0.2) is 29.6 Å². The highest BCUT2D eigenvalue weighted by atomic mass is 35.5. The number of anilines is 2. The Hall–Kier alpha value is -1.47. The number of halogens is 1. The van der Waals surface area contributed by atoms with Crippen LogP contribution in [0.25, 0.3) is 0 Å². The molecule has 1 saturated heterocycles. The first-order chi connectivity index (χ1) is 11.5. The Balaban J connectivity index is 0.00000225. The molecule has 5 nitrogen and oxygen atoms in total. The summed E-state index contributed by atoms with van der Waals surface area (Å²) < 4.78 is 0. The molecule has 1 aliphatic rings. The van der Waals surface area contributed by atoms with Crippen LogP contribution in [0.5, 0.6) is 0 Å². The molecule has 3 rings (SSSR count). The van der Waals surface area contributed by atoms with E-state index in [2.05, 4.69) is 22.5 Å². The molecular weight excluding hydrogens is 356 g/mol. The Morgan fingerprint density at radius 3 is 2.76 bits per heavy atom. The highest BCUT2D eigenvalue weighted by Crippen LogP contribution is 2.29. The van der Waals surface area contributed by atoms with E-state index in [1.807, 2.05) is 31.2 Å². The van der Waals surface area contributed by atoms with Crippen LogP contribution in [-0.4, -0.2) is 41.5 Å². The lowest BCUT2D eigenvalue weighted by atomic mass is 10.2. The van der Waals surface area contributed by atoms with Crippen molar-refractivity contribution in [2.24, 2.45) is 0 Å². The Bertz CT molecular complexity index is 703. The van der Waals surface area contributed by atoms with Gasteiger partial charge in [0, 0.05) is 44.5 Å². The van der Waals surface area contributed by atoms with Crippen LogP contribution in [0.4, 0.5) is 10.8 Å². The first-order valence-corrected chi connectivity index (χ1v) is 9.18. The smallest absolute Gasteiger partial charge is 0.230 e.